The molecule has 0 saturated heterocycles. The van der Waals surface area contributed by atoms with Crippen LogP contribution in [0.2, 0.25) is 0 Å². The summed E-state index contributed by atoms with van der Waals surface area (Å²) in [6.45, 7) is 3.73. The van der Waals surface area contributed by atoms with Crippen molar-refractivity contribution in [3.05, 3.63) is 0 Å². The van der Waals surface area contributed by atoms with Gasteiger partial charge < -0.3 is 46.0 Å². The van der Waals surface area contributed by atoms with Crippen LogP contribution >= 0.6 is 7.82 Å². The van der Waals surface area contributed by atoms with Crippen LogP contribution < -0.4 is 5.32 Å². The van der Waals surface area contributed by atoms with Gasteiger partial charge in [-0.1, -0.05) is 232 Å². The second kappa shape index (κ2) is 40.2. The van der Waals surface area contributed by atoms with Gasteiger partial charge in [0, 0.05) is 6.42 Å². The fourth-order valence-electron chi connectivity index (χ4n) is 8.89. The fourth-order valence-corrected chi connectivity index (χ4v) is 9.86. The Morgan fingerprint density at radius 1 is 0.484 bits per heavy atom. The quantitative estimate of drug-likeness (QED) is 0.0205. The molecule has 13 nitrogen and oxygen atoms in total. The first kappa shape index (κ1) is 61.3. The highest BCUT2D eigenvalue weighted by molar-refractivity contribution is 7.47. The van der Waals surface area contributed by atoms with Gasteiger partial charge in [0.15, 0.2) is 0 Å². The van der Waals surface area contributed by atoms with Gasteiger partial charge in [0.25, 0.3) is 0 Å². The predicted octanol–water partition coefficient (Wildman–Crippen LogP) is 9.99. The van der Waals surface area contributed by atoms with Crippen LogP contribution in [0.1, 0.15) is 251 Å². The Labute approximate surface area is 389 Å². The van der Waals surface area contributed by atoms with Gasteiger partial charge in [-0.15, -0.1) is 0 Å². The van der Waals surface area contributed by atoms with Gasteiger partial charge in [-0.05, 0) is 12.8 Å². The SMILES string of the molecule is CCCCCCCCCCCCCCCCCCCCCCCCCC(=O)N[C@@H](COP(=O)(O)OC1[C@H](O)[C@H](O)C(O)[C@H](O)[C@H]1O)[C@H](O)[C@H](O)CCCCCCCCCCCCCC. The third kappa shape index (κ3) is 30.6. The summed E-state index contributed by atoms with van der Waals surface area (Å²) in [6, 6.07) is -1.30. The van der Waals surface area contributed by atoms with E-state index >= 15 is 0 Å². The molecule has 0 aromatic rings. The summed E-state index contributed by atoms with van der Waals surface area (Å²) in [4.78, 5) is 23.5. The van der Waals surface area contributed by atoms with Crippen molar-refractivity contribution in [2.45, 2.75) is 306 Å². The summed E-state index contributed by atoms with van der Waals surface area (Å²) in [5, 5.41) is 75.1. The molecule has 1 aliphatic rings. The molecular weight excluding hydrogens is 838 g/mol. The third-order valence-electron chi connectivity index (χ3n) is 13.3. The summed E-state index contributed by atoms with van der Waals surface area (Å²) in [5.74, 6) is -0.416. The molecule has 1 saturated carbocycles. The molecule has 382 valence electrons. The number of hydrogen-bond donors (Lipinski definition) is 9. The Balaban J connectivity index is 2.38. The van der Waals surface area contributed by atoms with Crippen LogP contribution in [-0.4, -0.2) is 108 Å². The Bertz CT molecular complexity index is 1110. The molecule has 3 unspecified atom stereocenters. The van der Waals surface area contributed by atoms with E-state index in [4.69, 9.17) is 9.05 Å². The number of amides is 1. The van der Waals surface area contributed by atoms with Crippen LogP contribution in [0, 0.1) is 0 Å². The average molecular weight is 938 g/mol. The van der Waals surface area contributed by atoms with Crippen LogP contribution in [0.4, 0.5) is 0 Å². The lowest BCUT2D eigenvalue weighted by Gasteiger charge is -2.41. The zero-order valence-electron chi connectivity index (χ0n) is 40.7. The van der Waals surface area contributed by atoms with Gasteiger partial charge in [-0.3, -0.25) is 13.8 Å². The Morgan fingerprint density at radius 2 is 0.781 bits per heavy atom. The fraction of sp³-hybridized carbons (Fsp3) is 0.980. The molecule has 9 N–H and O–H groups in total. The highest BCUT2D eigenvalue weighted by Gasteiger charge is 2.51. The van der Waals surface area contributed by atoms with Crippen molar-refractivity contribution in [2.24, 2.45) is 0 Å². The molecular formula is C50H100NO12P. The maximum absolute atomic E-state index is 13.0. The van der Waals surface area contributed by atoms with Crippen molar-refractivity contribution < 1.29 is 59.0 Å². The molecule has 0 heterocycles. The van der Waals surface area contributed by atoms with Crippen LogP contribution in [0.3, 0.4) is 0 Å². The second-order valence-electron chi connectivity index (χ2n) is 19.2. The van der Waals surface area contributed by atoms with E-state index in [0.29, 0.717) is 12.8 Å². The number of carbonyl (C=O) groups is 1. The van der Waals surface area contributed by atoms with E-state index in [-0.39, 0.29) is 12.8 Å². The summed E-state index contributed by atoms with van der Waals surface area (Å²) < 4.78 is 22.9. The minimum absolute atomic E-state index is 0.156. The van der Waals surface area contributed by atoms with Gasteiger partial charge >= 0.3 is 7.82 Å². The molecule has 0 bridgehead atoms. The molecule has 0 aromatic heterocycles. The van der Waals surface area contributed by atoms with E-state index in [0.717, 1.165) is 38.5 Å². The second-order valence-corrected chi connectivity index (χ2v) is 20.6. The van der Waals surface area contributed by atoms with E-state index in [1.54, 1.807) is 0 Å². The lowest BCUT2D eigenvalue weighted by Crippen LogP contribution is -2.64. The smallest absolute Gasteiger partial charge is 0.390 e. The number of phosphoric ester groups is 1. The summed E-state index contributed by atoms with van der Waals surface area (Å²) in [5.41, 5.74) is 0. The number of nitrogens with one attached hydrogen (secondary N) is 1. The highest BCUT2D eigenvalue weighted by atomic mass is 31.2. The van der Waals surface area contributed by atoms with Crippen LogP contribution in [0.5, 0.6) is 0 Å². The minimum Gasteiger partial charge on any atom is -0.390 e. The Hall–Kier alpha value is -0.700. The molecule has 1 fully saturated rings. The van der Waals surface area contributed by atoms with Crippen molar-refractivity contribution in [3.63, 3.8) is 0 Å². The first-order chi connectivity index (χ1) is 30.9. The molecule has 1 rings (SSSR count). The Kier molecular flexibility index (Phi) is 38.5. The van der Waals surface area contributed by atoms with Gasteiger partial charge in [-0.2, -0.15) is 0 Å². The third-order valence-corrected chi connectivity index (χ3v) is 14.2. The topological polar surface area (TPSA) is 226 Å². The van der Waals surface area contributed by atoms with E-state index in [1.807, 2.05) is 0 Å². The first-order valence-corrected chi connectivity index (χ1v) is 28.1. The largest absolute Gasteiger partial charge is 0.472 e. The highest BCUT2D eigenvalue weighted by Crippen LogP contribution is 2.47. The van der Waals surface area contributed by atoms with Crippen molar-refractivity contribution >= 4 is 13.7 Å². The molecule has 10 atom stereocenters. The van der Waals surface area contributed by atoms with E-state index in [1.165, 1.54) is 173 Å². The molecule has 1 aliphatic carbocycles. The molecule has 14 heteroatoms. The maximum Gasteiger partial charge on any atom is 0.472 e. The number of phosphoric acid groups is 1. The first-order valence-electron chi connectivity index (χ1n) is 26.6. The monoisotopic (exact) mass is 938 g/mol. The van der Waals surface area contributed by atoms with Gasteiger partial charge in [0.1, 0.15) is 42.7 Å². The zero-order valence-corrected chi connectivity index (χ0v) is 41.6. The maximum atomic E-state index is 13.0. The average Bonchev–Trinajstić information content (AvgIpc) is 3.28. The molecule has 1 amide bonds. The normalized spacial score (nSPS) is 22.6. The molecule has 0 aliphatic heterocycles. The molecule has 0 spiro atoms. The zero-order chi connectivity index (χ0) is 47.3. The van der Waals surface area contributed by atoms with E-state index in [2.05, 4.69) is 19.2 Å². The predicted molar refractivity (Wildman–Crippen MR) is 257 cm³/mol. The molecule has 0 aromatic carbocycles. The van der Waals surface area contributed by atoms with Gasteiger partial charge in [0.05, 0.1) is 18.8 Å². The van der Waals surface area contributed by atoms with Crippen LogP contribution in [0.15, 0.2) is 0 Å². The molecule has 64 heavy (non-hydrogen) atoms. The molecule has 0 radical (unpaired) electrons. The van der Waals surface area contributed by atoms with Crippen molar-refractivity contribution in [2.75, 3.05) is 6.61 Å². The minimum atomic E-state index is -5.15. The summed E-state index contributed by atoms with van der Waals surface area (Å²) in [6.07, 6.45) is 28.6. The lowest BCUT2D eigenvalue weighted by molar-refractivity contribution is -0.220. The van der Waals surface area contributed by atoms with Crippen LogP contribution in [-0.2, 0) is 18.4 Å². The van der Waals surface area contributed by atoms with E-state index < -0.39 is 75.2 Å². The summed E-state index contributed by atoms with van der Waals surface area (Å²) >= 11 is 0. The number of rotatable bonds is 45. The Morgan fingerprint density at radius 3 is 1.12 bits per heavy atom. The standard InChI is InChI=1S/C50H100NO12P/c1-3-5-7-9-11-13-15-17-18-19-20-21-22-23-24-25-26-27-29-31-33-35-37-39-43(53)51-41(40-62-64(60,61)63-50-48(58)46(56)45(55)47(57)49(50)59)44(54)42(52)38-36-34-32-30-28-16-14-12-10-8-6-4-2/h41-42,44-50,52,54-59H,3-40H2,1-2H3,(H,51,53)(H,60,61)/t41-,42+,44-,45?,46-,47+,48+,49+,50?/m0/s1. The number of unbranched alkanes of at least 4 members (excludes halogenated alkanes) is 33. The number of aliphatic hydroxyl groups excluding tert-OH is 7. The number of hydrogen-bond acceptors (Lipinski definition) is 11. The van der Waals surface area contributed by atoms with Crippen LogP contribution in [0.25, 0.3) is 0 Å². The van der Waals surface area contributed by atoms with Crippen molar-refractivity contribution in [1.82, 2.24) is 5.32 Å². The van der Waals surface area contributed by atoms with Crippen molar-refractivity contribution in [1.29, 1.82) is 0 Å². The number of carbonyl (C=O) groups excluding carboxylic acids is 1. The van der Waals surface area contributed by atoms with Crippen molar-refractivity contribution in [3.8, 4) is 0 Å². The summed E-state index contributed by atoms with van der Waals surface area (Å²) in [7, 11) is -5.15. The lowest BCUT2D eigenvalue weighted by atomic mass is 9.85. The van der Waals surface area contributed by atoms with Gasteiger partial charge in [0.2, 0.25) is 5.91 Å². The number of aliphatic hydroxyl groups is 7. The van der Waals surface area contributed by atoms with E-state index in [9.17, 15) is 50.0 Å². The van der Waals surface area contributed by atoms with Gasteiger partial charge in [-0.25, -0.2) is 4.57 Å².